The molecule has 150 valence electrons. The highest BCUT2D eigenvalue weighted by Gasteiger charge is 2.37. The van der Waals surface area contributed by atoms with Crippen molar-refractivity contribution in [2.24, 2.45) is 0 Å². The number of urea groups is 1. The second-order valence-corrected chi connectivity index (χ2v) is 8.08. The number of nitrogens with one attached hydrogen (secondary N) is 1. The van der Waals surface area contributed by atoms with E-state index in [4.69, 9.17) is 27.6 Å². The van der Waals surface area contributed by atoms with Gasteiger partial charge in [-0.05, 0) is 60.7 Å². The number of benzene rings is 2. The summed E-state index contributed by atoms with van der Waals surface area (Å²) in [4.78, 5) is 38.3. The molecule has 1 N–H and O–H groups in total. The fourth-order valence-electron chi connectivity index (χ4n) is 2.91. The number of rotatable bonds is 3. The minimum absolute atomic E-state index is 0.234. The van der Waals surface area contributed by atoms with Crippen LogP contribution in [0.2, 0.25) is 10.0 Å². The van der Waals surface area contributed by atoms with Gasteiger partial charge in [-0.3, -0.25) is 14.9 Å². The number of amides is 4. The van der Waals surface area contributed by atoms with Crippen LogP contribution < -0.4 is 10.2 Å². The normalized spacial score (nSPS) is 15.6. The number of imide groups is 2. The monoisotopic (exact) mass is 504 g/mol. The Kier molecular flexibility index (Phi) is 5.51. The van der Waals surface area contributed by atoms with E-state index in [0.29, 0.717) is 27.1 Å². The molecule has 1 fully saturated rings. The number of hydrogen-bond acceptors (Lipinski definition) is 4. The molecule has 1 aliphatic rings. The second-order valence-electron chi connectivity index (χ2n) is 6.29. The van der Waals surface area contributed by atoms with Crippen molar-refractivity contribution in [2.75, 3.05) is 4.90 Å². The molecule has 1 aromatic heterocycles. The molecule has 0 spiro atoms. The molecule has 4 amide bonds. The van der Waals surface area contributed by atoms with E-state index < -0.39 is 17.8 Å². The molecule has 0 radical (unpaired) electrons. The third-order valence-corrected chi connectivity index (χ3v) is 5.21. The zero-order chi connectivity index (χ0) is 21.4. The minimum Gasteiger partial charge on any atom is -0.457 e. The molecule has 1 aliphatic heterocycles. The van der Waals surface area contributed by atoms with E-state index in [2.05, 4.69) is 21.2 Å². The first-order valence-electron chi connectivity index (χ1n) is 8.55. The van der Waals surface area contributed by atoms with Gasteiger partial charge >= 0.3 is 6.03 Å². The molecule has 0 saturated carbocycles. The molecule has 2 aromatic carbocycles. The first-order chi connectivity index (χ1) is 14.3. The van der Waals surface area contributed by atoms with Gasteiger partial charge in [-0.2, -0.15) is 0 Å². The summed E-state index contributed by atoms with van der Waals surface area (Å²) in [5.41, 5.74) is 0.735. The van der Waals surface area contributed by atoms with E-state index in [1.165, 1.54) is 6.08 Å². The summed E-state index contributed by atoms with van der Waals surface area (Å²) in [6.45, 7) is 0. The van der Waals surface area contributed by atoms with Gasteiger partial charge in [-0.1, -0.05) is 39.1 Å². The lowest BCUT2D eigenvalue weighted by molar-refractivity contribution is -0.122. The minimum atomic E-state index is -0.821. The lowest BCUT2D eigenvalue weighted by Crippen LogP contribution is -2.54. The summed E-state index contributed by atoms with van der Waals surface area (Å²) < 4.78 is 6.51. The van der Waals surface area contributed by atoms with Crippen LogP contribution in [0, 0.1) is 0 Å². The van der Waals surface area contributed by atoms with Gasteiger partial charge in [0.2, 0.25) is 0 Å². The molecule has 6 nitrogen and oxygen atoms in total. The van der Waals surface area contributed by atoms with Crippen LogP contribution in [-0.2, 0) is 9.59 Å². The molecule has 3 aromatic rings. The Labute approximate surface area is 189 Å². The standard InChI is InChI=1S/C21H11BrCl2N2O4/c22-12-1-3-15(4-2-12)26-20(28)17(19(27)25-21(26)29)10-16-5-6-18(30-16)11-7-13(23)9-14(24)8-11/h1-10H,(H,25,27,29)/b17-10+. The quantitative estimate of drug-likeness (QED) is 0.366. The summed E-state index contributed by atoms with van der Waals surface area (Å²) in [6.07, 6.45) is 1.28. The predicted molar refractivity (Wildman–Crippen MR) is 117 cm³/mol. The number of carbonyl (C=O) groups is 3. The van der Waals surface area contributed by atoms with E-state index in [0.717, 1.165) is 9.37 Å². The molecular formula is C21H11BrCl2N2O4. The number of anilines is 1. The Morgan fingerprint density at radius 1 is 0.933 bits per heavy atom. The highest BCUT2D eigenvalue weighted by molar-refractivity contribution is 9.10. The maximum absolute atomic E-state index is 12.9. The number of carbonyl (C=O) groups excluding carboxylic acids is 3. The molecule has 0 aliphatic carbocycles. The van der Waals surface area contributed by atoms with Crippen molar-refractivity contribution < 1.29 is 18.8 Å². The number of nitrogens with zero attached hydrogens (tertiary/aromatic N) is 1. The lowest BCUT2D eigenvalue weighted by atomic mass is 10.1. The SMILES string of the molecule is O=C1NC(=O)N(c2ccc(Br)cc2)C(=O)/C1=C/c1ccc(-c2cc(Cl)cc(Cl)c2)o1. The van der Waals surface area contributed by atoms with Crippen molar-refractivity contribution in [1.82, 2.24) is 5.32 Å². The second kappa shape index (κ2) is 8.10. The Bertz CT molecular complexity index is 1200. The lowest BCUT2D eigenvalue weighted by Gasteiger charge is -2.26. The van der Waals surface area contributed by atoms with E-state index in [9.17, 15) is 14.4 Å². The molecule has 0 atom stereocenters. The van der Waals surface area contributed by atoms with Gasteiger partial charge in [-0.25, -0.2) is 9.69 Å². The number of furan rings is 1. The highest BCUT2D eigenvalue weighted by atomic mass is 79.9. The van der Waals surface area contributed by atoms with E-state index in [1.54, 1.807) is 54.6 Å². The molecule has 4 rings (SSSR count). The summed E-state index contributed by atoms with van der Waals surface area (Å²) in [5, 5.41) is 3.05. The topological polar surface area (TPSA) is 79.6 Å². The third kappa shape index (κ3) is 4.05. The average molecular weight is 506 g/mol. The van der Waals surface area contributed by atoms with Gasteiger partial charge in [0.1, 0.15) is 17.1 Å². The van der Waals surface area contributed by atoms with Gasteiger partial charge in [0, 0.05) is 20.1 Å². The fraction of sp³-hybridized carbons (Fsp3) is 0. The van der Waals surface area contributed by atoms with Crippen molar-refractivity contribution in [1.29, 1.82) is 0 Å². The van der Waals surface area contributed by atoms with Crippen molar-refractivity contribution in [3.63, 3.8) is 0 Å². The van der Waals surface area contributed by atoms with Crippen LogP contribution in [0.3, 0.4) is 0 Å². The van der Waals surface area contributed by atoms with Crippen molar-refractivity contribution in [2.45, 2.75) is 0 Å². The van der Waals surface area contributed by atoms with E-state index in [1.807, 2.05) is 0 Å². The molecule has 0 bridgehead atoms. The Hall–Kier alpha value is -2.87. The maximum atomic E-state index is 12.9. The van der Waals surface area contributed by atoms with Crippen LogP contribution in [0.25, 0.3) is 17.4 Å². The van der Waals surface area contributed by atoms with Gasteiger partial charge in [0.25, 0.3) is 11.8 Å². The average Bonchev–Trinajstić information content (AvgIpc) is 3.14. The van der Waals surface area contributed by atoms with Crippen LogP contribution in [0.5, 0.6) is 0 Å². The van der Waals surface area contributed by atoms with Crippen LogP contribution in [0.4, 0.5) is 10.5 Å². The van der Waals surface area contributed by atoms with Gasteiger partial charge in [-0.15, -0.1) is 0 Å². The Morgan fingerprint density at radius 2 is 1.60 bits per heavy atom. The molecule has 9 heteroatoms. The van der Waals surface area contributed by atoms with Gasteiger partial charge in [0.15, 0.2) is 0 Å². The highest BCUT2D eigenvalue weighted by Crippen LogP contribution is 2.30. The van der Waals surface area contributed by atoms with Gasteiger partial charge in [0.05, 0.1) is 5.69 Å². The van der Waals surface area contributed by atoms with E-state index >= 15 is 0 Å². The Morgan fingerprint density at radius 3 is 2.27 bits per heavy atom. The molecule has 30 heavy (non-hydrogen) atoms. The third-order valence-electron chi connectivity index (χ3n) is 4.25. The maximum Gasteiger partial charge on any atom is 0.335 e. The number of barbiturate groups is 1. The number of halogens is 3. The molecule has 1 saturated heterocycles. The van der Waals surface area contributed by atoms with Crippen molar-refractivity contribution in [3.8, 4) is 11.3 Å². The summed E-state index contributed by atoms with van der Waals surface area (Å²) in [7, 11) is 0. The summed E-state index contributed by atoms with van der Waals surface area (Å²) in [6, 6.07) is 13.9. The number of hydrogen-bond donors (Lipinski definition) is 1. The van der Waals surface area contributed by atoms with Crippen LogP contribution in [0.15, 0.2) is 69.1 Å². The smallest absolute Gasteiger partial charge is 0.335 e. The zero-order valence-corrected chi connectivity index (χ0v) is 18.1. The molecule has 0 unspecified atom stereocenters. The molecule has 2 heterocycles. The summed E-state index contributed by atoms with van der Waals surface area (Å²) in [5.74, 6) is -0.850. The van der Waals surface area contributed by atoms with Crippen LogP contribution in [-0.4, -0.2) is 17.8 Å². The van der Waals surface area contributed by atoms with Gasteiger partial charge < -0.3 is 4.42 Å². The predicted octanol–water partition coefficient (Wildman–Crippen LogP) is 5.68. The zero-order valence-electron chi connectivity index (χ0n) is 15.0. The Balaban J connectivity index is 1.68. The van der Waals surface area contributed by atoms with Crippen molar-refractivity contribution in [3.05, 3.63) is 80.4 Å². The molecular weight excluding hydrogens is 495 g/mol. The first-order valence-corrected chi connectivity index (χ1v) is 10.1. The largest absolute Gasteiger partial charge is 0.457 e. The van der Waals surface area contributed by atoms with E-state index in [-0.39, 0.29) is 11.3 Å². The summed E-state index contributed by atoms with van der Waals surface area (Å²) >= 11 is 15.3. The van der Waals surface area contributed by atoms with Crippen LogP contribution in [0.1, 0.15) is 5.76 Å². The van der Waals surface area contributed by atoms with Crippen LogP contribution >= 0.6 is 39.1 Å². The van der Waals surface area contributed by atoms with Crippen molar-refractivity contribution >= 4 is 68.7 Å². The first kappa shape index (κ1) is 20.4. The fourth-order valence-corrected chi connectivity index (χ4v) is 3.70.